The van der Waals surface area contributed by atoms with Crippen molar-refractivity contribution in [3.8, 4) is 11.1 Å². The highest BCUT2D eigenvalue weighted by molar-refractivity contribution is 7.92. The Labute approximate surface area is 198 Å². The normalized spacial score (nSPS) is 15.7. The molecule has 0 saturated heterocycles. The van der Waals surface area contributed by atoms with E-state index in [9.17, 15) is 27.8 Å². The molecule has 3 rings (SSSR count). The standard InChI is InChI=1S/C24H29FN2O6S/c1-14(2)23-19(9-8-17(28)12-18(29)13-21(30)31)22(15-4-6-16(25)7-5-15)20-10-11-27(24(20)26-23)34(3,32)33/h4-9,14,17-18,28-29H,10-13H2,1-3H3,(H,30,31)/t17-,18-/m1/s1. The molecule has 2 atom stereocenters. The number of carboxylic acid groups (broad SMARTS) is 1. The summed E-state index contributed by atoms with van der Waals surface area (Å²) in [7, 11) is -3.55. The van der Waals surface area contributed by atoms with Gasteiger partial charge in [-0.05, 0) is 35.6 Å². The van der Waals surface area contributed by atoms with Gasteiger partial charge in [0.05, 0.1) is 30.6 Å². The Morgan fingerprint density at radius 1 is 1.24 bits per heavy atom. The molecule has 1 aromatic heterocycles. The van der Waals surface area contributed by atoms with Crippen LogP contribution in [-0.2, 0) is 21.2 Å². The first-order valence-corrected chi connectivity index (χ1v) is 12.8. The van der Waals surface area contributed by atoms with E-state index in [1.807, 2.05) is 13.8 Å². The number of rotatable bonds is 9. The van der Waals surface area contributed by atoms with Crippen LogP contribution < -0.4 is 4.31 Å². The fraction of sp³-hybridized carbons (Fsp3) is 0.417. The van der Waals surface area contributed by atoms with Crippen LogP contribution in [0.3, 0.4) is 0 Å². The fourth-order valence-corrected chi connectivity index (χ4v) is 5.02. The van der Waals surface area contributed by atoms with Crippen molar-refractivity contribution in [3.63, 3.8) is 0 Å². The molecule has 0 unspecified atom stereocenters. The quantitative estimate of drug-likeness (QED) is 0.491. The molecule has 1 aliphatic rings. The van der Waals surface area contributed by atoms with Crippen LogP contribution in [0.2, 0.25) is 0 Å². The lowest BCUT2D eigenvalue weighted by molar-refractivity contribution is -0.139. The molecule has 10 heteroatoms. The molecular weight excluding hydrogens is 463 g/mol. The molecule has 0 amide bonds. The molecule has 1 aromatic carbocycles. The van der Waals surface area contributed by atoms with Crippen molar-refractivity contribution < 1.29 is 32.9 Å². The first-order chi connectivity index (χ1) is 15.9. The van der Waals surface area contributed by atoms with Crippen molar-refractivity contribution >= 4 is 27.9 Å². The lowest BCUT2D eigenvalue weighted by Crippen LogP contribution is -2.28. The van der Waals surface area contributed by atoms with E-state index in [0.29, 0.717) is 40.2 Å². The van der Waals surface area contributed by atoms with Gasteiger partial charge in [-0.2, -0.15) is 0 Å². The molecule has 34 heavy (non-hydrogen) atoms. The summed E-state index contributed by atoms with van der Waals surface area (Å²) >= 11 is 0. The second-order valence-corrected chi connectivity index (χ2v) is 10.7. The summed E-state index contributed by atoms with van der Waals surface area (Å²) in [6.45, 7) is 4.06. The number of halogens is 1. The number of aromatic nitrogens is 1. The highest BCUT2D eigenvalue weighted by Crippen LogP contribution is 2.42. The number of aliphatic hydroxyl groups excluding tert-OH is 2. The summed E-state index contributed by atoms with van der Waals surface area (Å²) in [6.07, 6.45) is 1.69. The van der Waals surface area contributed by atoms with Gasteiger partial charge >= 0.3 is 5.97 Å². The molecule has 184 valence electrons. The number of carboxylic acids is 1. The first-order valence-electron chi connectivity index (χ1n) is 10.9. The summed E-state index contributed by atoms with van der Waals surface area (Å²) in [6, 6.07) is 5.88. The third-order valence-corrected chi connectivity index (χ3v) is 6.79. The average Bonchev–Trinajstić information content (AvgIpc) is 3.15. The maximum Gasteiger partial charge on any atom is 0.305 e. The predicted molar refractivity (Wildman–Crippen MR) is 128 cm³/mol. The van der Waals surface area contributed by atoms with Crippen LogP contribution in [0.5, 0.6) is 0 Å². The van der Waals surface area contributed by atoms with E-state index in [2.05, 4.69) is 0 Å². The summed E-state index contributed by atoms with van der Waals surface area (Å²) in [5, 5.41) is 29.0. The Morgan fingerprint density at radius 2 is 1.88 bits per heavy atom. The van der Waals surface area contributed by atoms with Crippen molar-refractivity contribution in [3.05, 3.63) is 53.0 Å². The summed E-state index contributed by atoms with van der Waals surface area (Å²) in [5.41, 5.74) is 3.35. The second-order valence-electron chi connectivity index (χ2n) is 8.75. The third kappa shape index (κ3) is 5.81. The van der Waals surface area contributed by atoms with E-state index in [-0.39, 0.29) is 18.9 Å². The zero-order chi connectivity index (χ0) is 25.2. The third-order valence-electron chi connectivity index (χ3n) is 5.63. The summed E-state index contributed by atoms with van der Waals surface area (Å²) < 4.78 is 39.7. The molecule has 1 aliphatic heterocycles. The average molecular weight is 493 g/mol. The number of fused-ring (bicyclic) bond motifs is 1. The molecule has 0 fully saturated rings. The van der Waals surface area contributed by atoms with Crippen LogP contribution in [0.15, 0.2) is 30.3 Å². The number of carbonyl (C=O) groups is 1. The maximum atomic E-state index is 13.7. The second kappa shape index (κ2) is 10.2. The fourth-order valence-electron chi connectivity index (χ4n) is 4.13. The number of benzene rings is 1. The Morgan fingerprint density at radius 3 is 2.44 bits per heavy atom. The minimum atomic E-state index is -3.55. The highest BCUT2D eigenvalue weighted by Gasteiger charge is 2.33. The van der Waals surface area contributed by atoms with Gasteiger partial charge < -0.3 is 15.3 Å². The molecule has 8 nitrogen and oxygen atoms in total. The van der Waals surface area contributed by atoms with Crippen molar-refractivity contribution in [2.75, 3.05) is 17.1 Å². The predicted octanol–water partition coefficient (Wildman–Crippen LogP) is 2.93. The van der Waals surface area contributed by atoms with Crippen molar-refractivity contribution in [1.82, 2.24) is 4.98 Å². The van der Waals surface area contributed by atoms with Crippen molar-refractivity contribution in [2.24, 2.45) is 0 Å². The number of nitrogens with zero attached hydrogens (tertiary/aromatic N) is 2. The van der Waals surface area contributed by atoms with Gasteiger partial charge in [0, 0.05) is 24.1 Å². The van der Waals surface area contributed by atoms with E-state index in [1.54, 1.807) is 18.2 Å². The van der Waals surface area contributed by atoms with Crippen LogP contribution >= 0.6 is 0 Å². The van der Waals surface area contributed by atoms with Gasteiger partial charge in [-0.15, -0.1) is 0 Å². The zero-order valence-electron chi connectivity index (χ0n) is 19.3. The van der Waals surface area contributed by atoms with Gasteiger partial charge in [0.2, 0.25) is 10.0 Å². The highest BCUT2D eigenvalue weighted by atomic mass is 32.2. The molecule has 0 bridgehead atoms. The molecule has 2 aromatic rings. The number of aliphatic hydroxyl groups is 2. The van der Waals surface area contributed by atoms with Crippen LogP contribution in [0.4, 0.5) is 10.2 Å². The Balaban J connectivity index is 2.16. The van der Waals surface area contributed by atoms with Gasteiger partial charge in [0.1, 0.15) is 11.6 Å². The van der Waals surface area contributed by atoms with Gasteiger partial charge in [-0.1, -0.05) is 38.1 Å². The van der Waals surface area contributed by atoms with E-state index >= 15 is 0 Å². The van der Waals surface area contributed by atoms with Gasteiger partial charge in [-0.3, -0.25) is 9.10 Å². The largest absolute Gasteiger partial charge is 0.481 e. The number of sulfonamides is 1. The molecule has 3 N–H and O–H groups in total. The maximum absolute atomic E-state index is 13.7. The molecular formula is C24H29FN2O6S. The Kier molecular flexibility index (Phi) is 7.74. The minimum absolute atomic E-state index is 0.110. The molecule has 2 heterocycles. The van der Waals surface area contributed by atoms with Crippen LogP contribution in [-0.4, -0.2) is 59.7 Å². The van der Waals surface area contributed by atoms with E-state index in [0.717, 1.165) is 6.26 Å². The SMILES string of the molecule is CC(C)c1nc2c(c(-c3ccc(F)cc3)c1C=C[C@@H](O)C[C@@H](O)CC(=O)O)CCN2S(C)(=O)=O. The zero-order valence-corrected chi connectivity index (χ0v) is 20.1. The Hall–Kier alpha value is -2.82. The van der Waals surface area contributed by atoms with Gasteiger partial charge in [0.25, 0.3) is 0 Å². The number of pyridine rings is 1. The van der Waals surface area contributed by atoms with Gasteiger partial charge in [-0.25, -0.2) is 17.8 Å². The van der Waals surface area contributed by atoms with E-state index in [4.69, 9.17) is 10.1 Å². The number of hydrogen-bond acceptors (Lipinski definition) is 6. The lowest BCUT2D eigenvalue weighted by atomic mass is 9.89. The molecule has 0 radical (unpaired) electrons. The van der Waals surface area contributed by atoms with Crippen LogP contribution in [0.25, 0.3) is 17.2 Å². The van der Waals surface area contributed by atoms with Crippen LogP contribution in [0, 0.1) is 5.82 Å². The number of aliphatic carboxylic acids is 1. The summed E-state index contributed by atoms with van der Waals surface area (Å²) in [4.78, 5) is 15.5. The smallest absolute Gasteiger partial charge is 0.305 e. The minimum Gasteiger partial charge on any atom is -0.481 e. The van der Waals surface area contributed by atoms with Gasteiger partial charge in [0.15, 0.2) is 0 Å². The van der Waals surface area contributed by atoms with E-state index in [1.165, 1.54) is 22.5 Å². The topological polar surface area (TPSA) is 128 Å². The lowest BCUT2D eigenvalue weighted by Gasteiger charge is -2.22. The Bertz CT molecular complexity index is 1190. The van der Waals surface area contributed by atoms with Crippen LogP contribution in [0.1, 0.15) is 49.4 Å². The number of hydrogen-bond donors (Lipinski definition) is 3. The molecule has 0 aliphatic carbocycles. The first kappa shape index (κ1) is 25.8. The molecule has 0 spiro atoms. The van der Waals surface area contributed by atoms with Crippen molar-refractivity contribution in [2.45, 2.75) is 51.2 Å². The van der Waals surface area contributed by atoms with E-state index < -0.39 is 40.4 Å². The summed E-state index contributed by atoms with van der Waals surface area (Å²) in [5.74, 6) is -1.33. The number of anilines is 1. The monoisotopic (exact) mass is 492 g/mol. The van der Waals surface area contributed by atoms with Crippen molar-refractivity contribution in [1.29, 1.82) is 0 Å². The molecule has 0 saturated carbocycles.